The van der Waals surface area contributed by atoms with Gasteiger partial charge in [0.1, 0.15) is 10.3 Å². The van der Waals surface area contributed by atoms with Crippen molar-refractivity contribution < 1.29 is 27.9 Å². The zero-order valence-electron chi connectivity index (χ0n) is 9.01. The Bertz CT molecular complexity index is 611. The number of aromatic nitrogens is 2. The van der Waals surface area contributed by atoms with Gasteiger partial charge in [-0.2, -0.15) is 13.2 Å². The molecule has 2 aromatic rings. The number of nitrogens with zero attached hydrogens (tertiary/aromatic N) is 2. The summed E-state index contributed by atoms with van der Waals surface area (Å²) in [7, 11) is 0. The van der Waals surface area contributed by atoms with Crippen molar-refractivity contribution in [2.45, 2.75) is 6.18 Å². The van der Waals surface area contributed by atoms with Crippen LogP contribution in [0.5, 0.6) is 0 Å². The number of thiophene rings is 1. The minimum atomic E-state index is -5.08. The average molecular weight is 293 g/mol. The van der Waals surface area contributed by atoms with Crippen LogP contribution in [0.15, 0.2) is 17.8 Å². The number of alkyl halides is 3. The lowest BCUT2D eigenvalue weighted by Gasteiger charge is -1.93. The molecular weight excluding hydrogens is 287 g/mol. The lowest BCUT2D eigenvalue weighted by Crippen LogP contribution is -2.21. The highest BCUT2D eigenvalue weighted by molar-refractivity contribution is 7.17. The summed E-state index contributed by atoms with van der Waals surface area (Å²) in [5, 5.41) is 8.80. The molecule has 3 N–H and O–H groups in total. The van der Waals surface area contributed by atoms with Crippen molar-refractivity contribution in [3.63, 3.8) is 0 Å². The molecule has 0 fully saturated rings. The molecule has 0 spiro atoms. The number of carbonyl (C=O) groups is 2. The summed E-state index contributed by atoms with van der Waals surface area (Å²) in [6.07, 6.45) is -1.95. The molecule has 0 aliphatic rings. The lowest BCUT2D eigenvalue weighted by molar-refractivity contribution is -0.192. The number of rotatable bonds is 1. The van der Waals surface area contributed by atoms with Crippen LogP contribution in [0.1, 0.15) is 10.4 Å². The number of carboxylic acid groups (broad SMARTS) is 1. The molecule has 0 aromatic carbocycles. The highest BCUT2D eigenvalue weighted by Gasteiger charge is 2.38. The number of halogens is 3. The van der Waals surface area contributed by atoms with E-state index in [-0.39, 0.29) is 0 Å². The number of hydrogen-bond acceptors (Lipinski definition) is 5. The van der Waals surface area contributed by atoms with Gasteiger partial charge in [-0.05, 0) is 0 Å². The number of aliphatic carboxylic acids is 1. The first-order valence-electron chi connectivity index (χ1n) is 4.51. The van der Waals surface area contributed by atoms with Crippen molar-refractivity contribution in [1.82, 2.24) is 9.97 Å². The van der Waals surface area contributed by atoms with Crippen LogP contribution in [0.4, 0.5) is 13.2 Å². The molecule has 10 heteroatoms. The molecule has 102 valence electrons. The largest absolute Gasteiger partial charge is 0.490 e. The van der Waals surface area contributed by atoms with Gasteiger partial charge in [0.15, 0.2) is 0 Å². The van der Waals surface area contributed by atoms with Crippen LogP contribution in [-0.4, -0.2) is 33.1 Å². The van der Waals surface area contributed by atoms with E-state index in [0.29, 0.717) is 11.1 Å². The van der Waals surface area contributed by atoms with Gasteiger partial charge < -0.3 is 10.8 Å². The van der Waals surface area contributed by atoms with Gasteiger partial charge in [-0.3, -0.25) is 9.78 Å². The number of carbonyl (C=O) groups excluding carboxylic acids is 1. The molecule has 0 aliphatic heterocycles. The van der Waals surface area contributed by atoms with Crippen LogP contribution in [0.25, 0.3) is 10.3 Å². The summed E-state index contributed by atoms with van der Waals surface area (Å²) < 4.78 is 31.7. The van der Waals surface area contributed by atoms with Crippen LogP contribution in [-0.2, 0) is 4.79 Å². The van der Waals surface area contributed by atoms with Crippen LogP contribution in [0.3, 0.4) is 0 Å². The Hall–Kier alpha value is -2.23. The Labute approximate surface area is 107 Å². The molecule has 0 aliphatic carbocycles. The van der Waals surface area contributed by atoms with Gasteiger partial charge >= 0.3 is 12.1 Å². The molecule has 1 amide bonds. The number of nitrogens with two attached hydrogens (primary N) is 1. The van der Waals surface area contributed by atoms with E-state index in [0.717, 1.165) is 4.83 Å². The van der Waals surface area contributed by atoms with E-state index in [1.165, 1.54) is 11.3 Å². The zero-order chi connectivity index (χ0) is 14.6. The molecule has 2 rings (SSSR count). The second-order valence-corrected chi connectivity index (χ2v) is 3.88. The van der Waals surface area contributed by atoms with Crippen molar-refractivity contribution in [2.24, 2.45) is 5.73 Å². The molecule has 0 saturated carbocycles. The third-order valence-electron chi connectivity index (χ3n) is 1.72. The number of carboxylic acids is 1. The van der Waals surface area contributed by atoms with Gasteiger partial charge in [-0.25, -0.2) is 9.78 Å². The Morgan fingerprint density at radius 2 is 1.79 bits per heavy atom. The van der Waals surface area contributed by atoms with E-state index in [1.807, 2.05) is 0 Å². The van der Waals surface area contributed by atoms with Crippen molar-refractivity contribution in [3.8, 4) is 0 Å². The third-order valence-corrected chi connectivity index (χ3v) is 2.59. The summed E-state index contributed by atoms with van der Waals surface area (Å²) >= 11 is 1.37. The van der Waals surface area contributed by atoms with E-state index < -0.39 is 18.1 Å². The molecule has 0 atom stereocenters. The molecule has 0 radical (unpaired) electrons. The SMILES string of the molecule is NC(=O)c1csc2nccnc12.O=C(O)C(F)(F)F. The molecule has 0 saturated heterocycles. The summed E-state index contributed by atoms with van der Waals surface area (Å²) in [6, 6.07) is 0. The Morgan fingerprint density at radius 1 is 1.26 bits per heavy atom. The van der Waals surface area contributed by atoms with Crippen molar-refractivity contribution in [2.75, 3.05) is 0 Å². The van der Waals surface area contributed by atoms with E-state index in [4.69, 9.17) is 15.6 Å². The van der Waals surface area contributed by atoms with E-state index in [2.05, 4.69) is 9.97 Å². The molecule has 2 heterocycles. The Balaban J connectivity index is 0.000000224. The maximum Gasteiger partial charge on any atom is 0.490 e. The average Bonchev–Trinajstić information content (AvgIpc) is 2.72. The topological polar surface area (TPSA) is 106 Å². The molecule has 6 nitrogen and oxygen atoms in total. The maximum absolute atomic E-state index is 10.8. The van der Waals surface area contributed by atoms with E-state index in [9.17, 15) is 18.0 Å². The van der Waals surface area contributed by atoms with Gasteiger partial charge in [0.2, 0.25) is 0 Å². The van der Waals surface area contributed by atoms with Gasteiger partial charge in [-0.15, -0.1) is 11.3 Å². The second-order valence-electron chi connectivity index (χ2n) is 3.03. The predicted octanol–water partition coefficient (Wildman–Crippen LogP) is 1.42. The zero-order valence-corrected chi connectivity index (χ0v) is 9.83. The predicted molar refractivity (Wildman–Crippen MR) is 59.6 cm³/mol. The summed E-state index contributed by atoms with van der Waals surface area (Å²) in [5.41, 5.74) is 6.16. The minimum Gasteiger partial charge on any atom is -0.475 e. The maximum atomic E-state index is 10.8. The molecule has 2 aromatic heterocycles. The number of hydrogen-bond donors (Lipinski definition) is 2. The van der Waals surface area contributed by atoms with Crippen LogP contribution >= 0.6 is 11.3 Å². The van der Waals surface area contributed by atoms with Crippen molar-refractivity contribution in [1.29, 1.82) is 0 Å². The summed E-state index contributed by atoms with van der Waals surface area (Å²) in [6.45, 7) is 0. The standard InChI is InChI=1S/C7H5N3OS.C2HF3O2/c8-6(11)4-3-12-7-5(4)9-1-2-10-7;3-2(4,5)1(6)7/h1-3H,(H2,8,11);(H,6,7). The third kappa shape index (κ3) is 3.88. The van der Waals surface area contributed by atoms with Crippen molar-refractivity contribution >= 4 is 33.6 Å². The second kappa shape index (κ2) is 5.61. The summed E-state index contributed by atoms with van der Waals surface area (Å²) in [4.78, 5) is 28.5. The van der Waals surface area contributed by atoms with E-state index in [1.54, 1.807) is 17.8 Å². The fraction of sp³-hybridized carbons (Fsp3) is 0.111. The highest BCUT2D eigenvalue weighted by Crippen LogP contribution is 2.20. The van der Waals surface area contributed by atoms with Gasteiger partial charge in [0.25, 0.3) is 5.91 Å². The monoisotopic (exact) mass is 293 g/mol. The number of primary amides is 1. The molecular formula is C9H6F3N3O3S. The van der Waals surface area contributed by atoms with Crippen LogP contribution < -0.4 is 5.73 Å². The normalized spacial score (nSPS) is 10.7. The first-order chi connectivity index (χ1) is 8.73. The first-order valence-corrected chi connectivity index (χ1v) is 5.39. The molecule has 19 heavy (non-hydrogen) atoms. The van der Waals surface area contributed by atoms with Gasteiger partial charge in [0, 0.05) is 17.8 Å². The Kier molecular flexibility index (Phi) is 4.38. The summed E-state index contributed by atoms with van der Waals surface area (Å²) in [5.74, 6) is -3.21. The number of fused-ring (bicyclic) bond motifs is 1. The van der Waals surface area contributed by atoms with Gasteiger partial charge in [-0.1, -0.05) is 0 Å². The molecule has 0 bridgehead atoms. The first kappa shape index (κ1) is 14.8. The van der Waals surface area contributed by atoms with Crippen LogP contribution in [0, 0.1) is 0 Å². The van der Waals surface area contributed by atoms with Crippen molar-refractivity contribution in [3.05, 3.63) is 23.3 Å². The number of amides is 1. The Morgan fingerprint density at radius 3 is 2.26 bits per heavy atom. The molecule has 0 unspecified atom stereocenters. The fourth-order valence-electron chi connectivity index (χ4n) is 0.942. The lowest BCUT2D eigenvalue weighted by atomic mass is 10.3. The van der Waals surface area contributed by atoms with Gasteiger partial charge in [0.05, 0.1) is 5.56 Å². The fourth-order valence-corrected chi connectivity index (χ4v) is 1.79. The smallest absolute Gasteiger partial charge is 0.475 e. The minimum absolute atomic E-state index is 0.447. The quantitative estimate of drug-likeness (QED) is 0.827. The highest BCUT2D eigenvalue weighted by atomic mass is 32.1. The van der Waals surface area contributed by atoms with Crippen LogP contribution in [0.2, 0.25) is 0 Å². The van der Waals surface area contributed by atoms with E-state index >= 15 is 0 Å².